The summed E-state index contributed by atoms with van der Waals surface area (Å²) in [6, 6.07) is -1.60. The standard InChI is InChI=1S/C11H14F9NO3S/c1-25-3-2-5(7(23)24)21-4-6(22)8(12,13)9(14,15)10(16,17)11(18,19)20/h5-6,21-22H,2-4H2,1H3,(H,23,24)/t5-,6-/m0/s1. The highest BCUT2D eigenvalue weighted by molar-refractivity contribution is 7.98. The van der Waals surface area contributed by atoms with Crippen molar-refractivity contribution in [3.05, 3.63) is 0 Å². The van der Waals surface area contributed by atoms with Gasteiger partial charge in [0.15, 0.2) is 0 Å². The van der Waals surface area contributed by atoms with Gasteiger partial charge in [0.25, 0.3) is 0 Å². The first-order valence-corrected chi connectivity index (χ1v) is 7.76. The van der Waals surface area contributed by atoms with Crippen LogP contribution in [0.5, 0.6) is 0 Å². The molecule has 0 aromatic carbocycles. The quantitative estimate of drug-likeness (QED) is 0.483. The minimum absolute atomic E-state index is 0.179. The van der Waals surface area contributed by atoms with Gasteiger partial charge in [-0.15, -0.1) is 0 Å². The average molecular weight is 411 g/mol. The number of thioether (sulfide) groups is 1. The number of hydrogen-bond donors (Lipinski definition) is 3. The van der Waals surface area contributed by atoms with Crippen molar-refractivity contribution in [2.75, 3.05) is 18.6 Å². The molecular formula is C11H14F9NO3S. The average Bonchev–Trinajstić information content (AvgIpc) is 2.44. The van der Waals surface area contributed by atoms with E-state index in [1.54, 1.807) is 11.6 Å². The van der Waals surface area contributed by atoms with Gasteiger partial charge >= 0.3 is 29.9 Å². The number of carboxylic acids is 1. The first-order valence-electron chi connectivity index (χ1n) is 6.37. The summed E-state index contributed by atoms with van der Waals surface area (Å²) >= 11 is 1.14. The zero-order valence-electron chi connectivity index (χ0n) is 12.4. The molecule has 0 aromatic heterocycles. The second kappa shape index (κ2) is 8.20. The molecule has 0 aliphatic carbocycles. The third-order valence-corrected chi connectivity index (χ3v) is 3.70. The Morgan fingerprint density at radius 2 is 1.52 bits per heavy atom. The van der Waals surface area contributed by atoms with Crippen LogP contribution in [-0.2, 0) is 4.79 Å². The third-order valence-electron chi connectivity index (χ3n) is 3.05. The molecule has 0 spiro atoms. The van der Waals surface area contributed by atoms with E-state index in [0.717, 1.165) is 11.8 Å². The molecule has 3 N–H and O–H groups in total. The first-order chi connectivity index (χ1) is 11.0. The Hall–Kier alpha value is -0.890. The fourth-order valence-electron chi connectivity index (χ4n) is 1.53. The number of rotatable bonds is 10. The first kappa shape index (κ1) is 24.1. The normalized spacial score (nSPS) is 16.6. The Kier molecular flexibility index (Phi) is 7.91. The molecule has 4 nitrogen and oxygen atoms in total. The largest absolute Gasteiger partial charge is 0.480 e. The zero-order chi connectivity index (χ0) is 20.3. The smallest absolute Gasteiger partial charge is 0.460 e. The summed E-state index contributed by atoms with van der Waals surface area (Å²) in [5.41, 5.74) is 0. The van der Waals surface area contributed by atoms with Gasteiger partial charge in [-0.05, 0) is 18.4 Å². The molecule has 0 bridgehead atoms. The number of carbonyl (C=O) groups is 1. The summed E-state index contributed by atoms with van der Waals surface area (Å²) in [7, 11) is 0. The van der Waals surface area contributed by atoms with Crippen LogP contribution in [-0.4, -0.2) is 70.8 Å². The Balaban J connectivity index is 5.27. The van der Waals surface area contributed by atoms with E-state index in [1.807, 2.05) is 0 Å². The number of alkyl halides is 9. The zero-order valence-corrected chi connectivity index (χ0v) is 13.2. The molecule has 0 heterocycles. The lowest BCUT2D eigenvalue weighted by molar-refractivity contribution is -0.405. The van der Waals surface area contributed by atoms with Gasteiger partial charge in [0.1, 0.15) is 12.1 Å². The summed E-state index contributed by atoms with van der Waals surface area (Å²) in [6.07, 6.45) is -9.34. The predicted octanol–water partition coefficient (Wildman–Crippen LogP) is 2.61. The van der Waals surface area contributed by atoms with Crippen molar-refractivity contribution in [1.29, 1.82) is 0 Å². The molecule has 0 unspecified atom stereocenters. The van der Waals surface area contributed by atoms with Crippen LogP contribution < -0.4 is 5.32 Å². The lowest BCUT2D eigenvalue weighted by atomic mass is 9.98. The van der Waals surface area contributed by atoms with Crippen molar-refractivity contribution >= 4 is 17.7 Å². The Labute approximate surface area is 139 Å². The highest BCUT2D eigenvalue weighted by Crippen LogP contribution is 2.53. The lowest BCUT2D eigenvalue weighted by Gasteiger charge is -2.36. The van der Waals surface area contributed by atoms with Crippen LogP contribution in [0.15, 0.2) is 0 Å². The van der Waals surface area contributed by atoms with Crippen molar-refractivity contribution in [3.63, 3.8) is 0 Å². The fourth-order valence-corrected chi connectivity index (χ4v) is 2.00. The van der Waals surface area contributed by atoms with Crippen LogP contribution in [0.3, 0.4) is 0 Å². The van der Waals surface area contributed by atoms with E-state index in [4.69, 9.17) is 10.2 Å². The molecule has 2 atom stereocenters. The number of aliphatic hydroxyl groups excluding tert-OH is 1. The van der Waals surface area contributed by atoms with Crippen LogP contribution in [0.25, 0.3) is 0 Å². The number of aliphatic carboxylic acids is 1. The van der Waals surface area contributed by atoms with Gasteiger partial charge in [-0.3, -0.25) is 4.79 Å². The predicted molar refractivity (Wildman–Crippen MR) is 69.3 cm³/mol. The second-order valence-electron chi connectivity index (χ2n) is 4.87. The highest BCUT2D eigenvalue weighted by atomic mass is 32.2. The second-order valence-corrected chi connectivity index (χ2v) is 5.85. The van der Waals surface area contributed by atoms with Gasteiger partial charge in [0, 0.05) is 6.54 Å². The van der Waals surface area contributed by atoms with Gasteiger partial charge in [-0.2, -0.15) is 51.3 Å². The number of hydrogen-bond acceptors (Lipinski definition) is 4. The van der Waals surface area contributed by atoms with Gasteiger partial charge in [-0.1, -0.05) is 0 Å². The molecule has 150 valence electrons. The Morgan fingerprint density at radius 3 is 1.88 bits per heavy atom. The number of carboxylic acid groups (broad SMARTS) is 1. The number of aliphatic hydroxyl groups is 1. The van der Waals surface area contributed by atoms with Crippen molar-refractivity contribution in [2.24, 2.45) is 0 Å². The summed E-state index contributed by atoms with van der Waals surface area (Å²) in [5.74, 6) is -21.7. The fraction of sp³-hybridized carbons (Fsp3) is 0.909. The number of halogens is 9. The third kappa shape index (κ3) is 5.06. The molecule has 25 heavy (non-hydrogen) atoms. The van der Waals surface area contributed by atoms with E-state index in [2.05, 4.69) is 0 Å². The Bertz CT molecular complexity index is 459. The molecule has 0 aromatic rings. The van der Waals surface area contributed by atoms with E-state index in [-0.39, 0.29) is 12.2 Å². The van der Waals surface area contributed by atoms with Crippen molar-refractivity contribution in [1.82, 2.24) is 5.32 Å². The van der Waals surface area contributed by atoms with Crippen LogP contribution in [0.4, 0.5) is 39.5 Å². The minimum Gasteiger partial charge on any atom is -0.480 e. The minimum atomic E-state index is -7.12. The van der Waals surface area contributed by atoms with E-state index in [1.165, 1.54) is 0 Å². The summed E-state index contributed by atoms with van der Waals surface area (Å²) in [4.78, 5) is 10.8. The van der Waals surface area contributed by atoms with Crippen LogP contribution in [0, 0.1) is 0 Å². The molecule has 0 aliphatic heterocycles. The molecule has 0 radical (unpaired) electrons. The maximum Gasteiger partial charge on any atom is 0.460 e. The summed E-state index contributed by atoms with van der Waals surface area (Å²) in [5, 5.41) is 19.5. The van der Waals surface area contributed by atoms with Crippen molar-refractivity contribution < 1.29 is 54.5 Å². The van der Waals surface area contributed by atoms with E-state index in [9.17, 15) is 44.3 Å². The van der Waals surface area contributed by atoms with Crippen molar-refractivity contribution in [2.45, 2.75) is 42.5 Å². The molecule has 0 rings (SSSR count). The van der Waals surface area contributed by atoms with E-state index >= 15 is 0 Å². The molecule has 0 amide bonds. The van der Waals surface area contributed by atoms with Crippen LogP contribution in [0.2, 0.25) is 0 Å². The molecule has 0 saturated heterocycles. The lowest BCUT2D eigenvalue weighted by Crippen LogP contribution is -2.65. The highest BCUT2D eigenvalue weighted by Gasteiger charge is 2.83. The van der Waals surface area contributed by atoms with Gasteiger partial charge < -0.3 is 15.5 Å². The molecule has 0 fully saturated rings. The SMILES string of the molecule is CSCC[C@H](NC[C@H](O)C(F)(F)C(F)(F)C(F)(F)C(F)(F)F)C(=O)O. The van der Waals surface area contributed by atoms with Crippen LogP contribution >= 0.6 is 11.8 Å². The molecular weight excluding hydrogens is 397 g/mol. The molecule has 0 aliphatic rings. The summed E-state index contributed by atoms with van der Waals surface area (Å²) < 4.78 is 114. The van der Waals surface area contributed by atoms with Gasteiger partial charge in [0.05, 0.1) is 0 Å². The summed E-state index contributed by atoms with van der Waals surface area (Å²) in [6.45, 7) is -1.65. The maximum atomic E-state index is 13.4. The monoisotopic (exact) mass is 411 g/mol. The van der Waals surface area contributed by atoms with Gasteiger partial charge in [-0.25, -0.2) is 0 Å². The van der Waals surface area contributed by atoms with E-state index in [0.29, 0.717) is 0 Å². The maximum absolute atomic E-state index is 13.4. The Morgan fingerprint density at radius 1 is 1.04 bits per heavy atom. The van der Waals surface area contributed by atoms with E-state index < -0.39 is 48.6 Å². The molecule has 0 saturated carbocycles. The van der Waals surface area contributed by atoms with Crippen molar-refractivity contribution in [3.8, 4) is 0 Å². The van der Waals surface area contributed by atoms with Gasteiger partial charge in [0.2, 0.25) is 0 Å². The molecule has 14 heteroatoms. The number of nitrogens with one attached hydrogen (secondary N) is 1. The topological polar surface area (TPSA) is 69.6 Å². The van der Waals surface area contributed by atoms with Crippen LogP contribution in [0.1, 0.15) is 6.42 Å².